The van der Waals surface area contributed by atoms with Gasteiger partial charge in [0.15, 0.2) is 0 Å². The lowest BCUT2D eigenvalue weighted by atomic mass is 9.99. The molecule has 1 amide bonds. The maximum atomic E-state index is 11.6. The van der Waals surface area contributed by atoms with E-state index in [0.717, 1.165) is 6.42 Å². The van der Waals surface area contributed by atoms with Gasteiger partial charge in [-0.15, -0.1) is 0 Å². The lowest BCUT2D eigenvalue weighted by molar-refractivity contribution is -0.124. The largest absolute Gasteiger partial charge is 0.352 e. The van der Waals surface area contributed by atoms with Gasteiger partial charge in [0.2, 0.25) is 5.91 Å². The first-order valence-electron chi connectivity index (χ1n) is 5.62. The molecule has 0 aliphatic heterocycles. The van der Waals surface area contributed by atoms with Gasteiger partial charge in [-0.2, -0.15) is 0 Å². The lowest BCUT2D eigenvalue weighted by Crippen LogP contribution is -2.48. The summed E-state index contributed by atoms with van der Waals surface area (Å²) in [5.74, 6) is 0.975. The Kier molecular flexibility index (Phi) is 3.93. The summed E-state index contributed by atoms with van der Waals surface area (Å²) in [6.07, 6.45) is 3.45. The molecule has 0 aromatic heterocycles. The van der Waals surface area contributed by atoms with Crippen LogP contribution in [0.3, 0.4) is 0 Å². The molecule has 1 fully saturated rings. The number of rotatable bonds is 5. The first-order valence-corrected chi connectivity index (χ1v) is 5.62. The molecule has 0 bridgehead atoms. The van der Waals surface area contributed by atoms with E-state index in [4.69, 9.17) is 5.73 Å². The Labute approximate surface area is 86.4 Å². The summed E-state index contributed by atoms with van der Waals surface area (Å²) >= 11 is 0. The maximum Gasteiger partial charge on any atom is 0.237 e. The van der Waals surface area contributed by atoms with Crippen LogP contribution in [0.25, 0.3) is 0 Å². The molecule has 1 saturated carbocycles. The normalized spacial score (nSPS) is 22.6. The number of carbonyl (C=O) groups is 1. The predicted octanol–water partition coefficient (Wildman–Crippen LogP) is 1.27. The fourth-order valence-electron chi connectivity index (χ4n) is 1.55. The fourth-order valence-corrected chi connectivity index (χ4v) is 1.55. The van der Waals surface area contributed by atoms with Crippen LogP contribution in [0.2, 0.25) is 0 Å². The van der Waals surface area contributed by atoms with Gasteiger partial charge in [0.05, 0.1) is 6.04 Å². The Morgan fingerprint density at radius 3 is 2.50 bits per heavy atom. The fraction of sp³-hybridized carbons (Fsp3) is 0.909. The second-order valence-electron chi connectivity index (χ2n) is 4.55. The van der Waals surface area contributed by atoms with E-state index in [9.17, 15) is 4.79 Å². The molecule has 3 atom stereocenters. The van der Waals surface area contributed by atoms with Gasteiger partial charge in [0.1, 0.15) is 0 Å². The van der Waals surface area contributed by atoms with Gasteiger partial charge in [0.25, 0.3) is 0 Å². The number of hydrogen-bond acceptors (Lipinski definition) is 2. The molecule has 0 aromatic rings. The van der Waals surface area contributed by atoms with Crippen molar-refractivity contribution in [3.05, 3.63) is 0 Å². The SMILES string of the molecule is CC[C@H](C)[C@H](N)C(=O)NC(C)C1CC1. The predicted molar refractivity (Wildman–Crippen MR) is 57.8 cm³/mol. The minimum Gasteiger partial charge on any atom is -0.352 e. The number of hydrogen-bond donors (Lipinski definition) is 2. The van der Waals surface area contributed by atoms with Crippen molar-refractivity contribution < 1.29 is 4.79 Å². The van der Waals surface area contributed by atoms with E-state index in [-0.39, 0.29) is 17.9 Å². The van der Waals surface area contributed by atoms with E-state index in [1.807, 2.05) is 6.92 Å². The minimum atomic E-state index is -0.346. The molecule has 1 rings (SSSR count). The summed E-state index contributed by atoms with van der Waals surface area (Å²) in [7, 11) is 0. The number of carbonyl (C=O) groups excluding carboxylic acids is 1. The molecular weight excluding hydrogens is 176 g/mol. The lowest BCUT2D eigenvalue weighted by Gasteiger charge is -2.20. The smallest absolute Gasteiger partial charge is 0.237 e. The van der Waals surface area contributed by atoms with Crippen molar-refractivity contribution in [2.75, 3.05) is 0 Å². The molecule has 0 spiro atoms. The van der Waals surface area contributed by atoms with E-state index >= 15 is 0 Å². The zero-order valence-corrected chi connectivity index (χ0v) is 9.42. The molecule has 1 aliphatic rings. The van der Waals surface area contributed by atoms with Gasteiger partial charge in [-0.05, 0) is 31.6 Å². The quantitative estimate of drug-likeness (QED) is 0.699. The van der Waals surface area contributed by atoms with E-state index in [2.05, 4.69) is 19.2 Å². The number of nitrogens with one attached hydrogen (secondary N) is 1. The topological polar surface area (TPSA) is 55.1 Å². The Balaban J connectivity index is 2.32. The highest BCUT2D eigenvalue weighted by Gasteiger charge is 2.30. The highest BCUT2D eigenvalue weighted by molar-refractivity contribution is 5.82. The minimum absolute atomic E-state index is 0.0127. The van der Waals surface area contributed by atoms with Gasteiger partial charge < -0.3 is 11.1 Å². The first-order chi connectivity index (χ1) is 6.56. The molecule has 82 valence electrons. The molecule has 3 nitrogen and oxygen atoms in total. The standard InChI is InChI=1S/C11H22N2O/c1-4-7(2)10(12)11(14)13-8(3)9-5-6-9/h7-10H,4-6,12H2,1-3H3,(H,13,14)/t7-,8?,10-/m0/s1. The first kappa shape index (κ1) is 11.5. The summed E-state index contributed by atoms with van der Waals surface area (Å²) in [4.78, 5) is 11.6. The summed E-state index contributed by atoms with van der Waals surface area (Å²) < 4.78 is 0. The summed E-state index contributed by atoms with van der Waals surface area (Å²) in [6, 6.07) is -0.0428. The van der Waals surface area contributed by atoms with Gasteiger partial charge >= 0.3 is 0 Å². The summed E-state index contributed by atoms with van der Waals surface area (Å²) in [5.41, 5.74) is 5.83. The highest BCUT2D eigenvalue weighted by Crippen LogP contribution is 2.32. The third kappa shape index (κ3) is 2.98. The van der Waals surface area contributed by atoms with Crippen LogP contribution in [0.5, 0.6) is 0 Å². The Bertz CT molecular complexity index is 201. The summed E-state index contributed by atoms with van der Waals surface area (Å²) in [5, 5.41) is 2.99. The van der Waals surface area contributed by atoms with Crippen LogP contribution >= 0.6 is 0 Å². The molecule has 0 radical (unpaired) electrons. The van der Waals surface area contributed by atoms with E-state index in [1.165, 1.54) is 12.8 Å². The second kappa shape index (κ2) is 4.78. The van der Waals surface area contributed by atoms with Crippen molar-refractivity contribution >= 4 is 5.91 Å². The molecule has 0 saturated heterocycles. The third-order valence-corrected chi connectivity index (χ3v) is 3.26. The van der Waals surface area contributed by atoms with Crippen LogP contribution in [0.15, 0.2) is 0 Å². The van der Waals surface area contributed by atoms with Crippen LogP contribution in [0.1, 0.15) is 40.0 Å². The van der Waals surface area contributed by atoms with Crippen LogP contribution in [-0.2, 0) is 4.79 Å². The van der Waals surface area contributed by atoms with Crippen molar-refractivity contribution in [2.45, 2.75) is 52.1 Å². The molecule has 3 N–H and O–H groups in total. The molecular formula is C11H22N2O. The zero-order chi connectivity index (χ0) is 10.7. The molecule has 1 unspecified atom stereocenters. The monoisotopic (exact) mass is 198 g/mol. The Morgan fingerprint density at radius 1 is 1.50 bits per heavy atom. The Hall–Kier alpha value is -0.570. The highest BCUT2D eigenvalue weighted by atomic mass is 16.2. The Morgan fingerprint density at radius 2 is 2.07 bits per heavy atom. The number of amides is 1. The van der Waals surface area contributed by atoms with Crippen molar-refractivity contribution in [1.29, 1.82) is 0 Å². The third-order valence-electron chi connectivity index (χ3n) is 3.26. The van der Waals surface area contributed by atoms with Gasteiger partial charge in [-0.25, -0.2) is 0 Å². The van der Waals surface area contributed by atoms with E-state index in [0.29, 0.717) is 12.0 Å². The van der Waals surface area contributed by atoms with E-state index in [1.54, 1.807) is 0 Å². The average Bonchev–Trinajstić information content (AvgIpc) is 2.98. The molecule has 3 heteroatoms. The number of nitrogens with two attached hydrogens (primary N) is 1. The second-order valence-corrected chi connectivity index (χ2v) is 4.55. The average molecular weight is 198 g/mol. The van der Waals surface area contributed by atoms with Crippen LogP contribution in [-0.4, -0.2) is 18.0 Å². The van der Waals surface area contributed by atoms with Crippen molar-refractivity contribution in [2.24, 2.45) is 17.6 Å². The van der Waals surface area contributed by atoms with Crippen LogP contribution in [0, 0.1) is 11.8 Å². The van der Waals surface area contributed by atoms with Gasteiger partial charge in [-0.3, -0.25) is 4.79 Å². The van der Waals surface area contributed by atoms with Crippen LogP contribution < -0.4 is 11.1 Å². The summed E-state index contributed by atoms with van der Waals surface area (Å²) in [6.45, 7) is 6.15. The molecule has 0 heterocycles. The van der Waals surface area contributed by atoms with Gasteiger partial charge in [0, 0.05) is 6.04 Å². The molecule has 14 heavy (non-hydrogen) atoms. The molecule has 0 aromatic carbocycles. The van der Waals surface area contributed by atoms with Crippen molar-refractivity contribution in [3.8, 4) is 0 Å². The van der Waals surface area contributed by atoms with Crippen LogP contribution in [0.4, 0.5) is 0 Å². The molecule has 1 aliphatic carbocycles. The zero-order valence-electron chi connectivity index (χ0n) is 9.42. The van der Waals surface area contributed by atoms with Crippen molar-refractivity contribution in [1.82, 2.24) is 5.32 Å². The van der Waals surface area contributed by atoms with E-state index < -0.39 is 0 Å². The van der Waals surface area contributed by atoms with Crippen molar-refractivity contribution in [3.63, 3.8) is 0 Å². The van der Waals surface area contributed by atoms with Gasteiger partial charge in [-0.1, -0.05) is 20.3 Å². The maximum absolute atomic E-state index is 11.6.